The average Bonchev–Trinajstić information content (AvgIpc) is 2.81. The van der Waals surface area contributed by atoms with Gasteiger partial charge in [-0.2, -0.15) is 0 Å². The van der Waals surface area contributed by atoms with Gasteiger partial charge in [0, 0.05) is 33.9 Å². The van der Waals surface area contributed by atoms with E-state index in [2.05, 4.69) is 53.4 Å². The Morgan fingerprint density at radius 3 is 2.50 bits per heavy atom. The van der Waals surface area contributed by atoms with Gasteiger partial charge in [-0.05, 0) is 35.4 Å². The molecule has 1 aliphatic rings. The summed E-state index contributed by atoms with van der Waals surface area (Å²) in [4.78, 5) is 11.2. The molecule has 1 fully saturated rings. The number of hydrogen-bond acceptors (Lipinski definition) is 3. The first-order valence-corrected chi connectivity index (χ1v) is 7.81. The van der Waals surface area contributed by atoms with Gasteiger partial charge in [0.25, 0.3) is 0 Å². The average molecular weight is 396 g/mol. The molecular weight excluding hydrogens is 381 g/mol. The lowest BCUT2D eigenvalue weighted by atomic mass is 10.2. The van der Waals surface area contributed by atoms with Crippen molar-refractivity contribution in [2.24, 2.45) is 0 Å². The summed E-state index contributed by atoms with van der Waals surface area (Å²) in [6.45, 7) is 0.991. The van der Waals surface area contributed by atoms with Crippen molar-refractivity contribution in [3.05, 3.63) is 16.0 Å². The summed E-state index contributed by atoms with van der Waals surface area (Å²) >= 11 is 5.75. The minimum Gasteiger partial charge on any atom is -0.337 e. The fourth-order valence-electron chi connectivity index (χ4n) is 2.21. The van der Waals surface area contributed by atoms with Crippen LogP contribution < -0.4 is 4.90 Å². The van der Waals surface area contributed by atoms with E-state index in [1.807, 2.05) is 12.4 Å². The summed E-state index contributed by atoms with van der Waals surface area (Å²) in [6.07, 6.45) is 9.02. The van der Waals surface area contributed by atoms with Crippen molar-refractivity contribution < 1.29 is 0 Å². The van der Waals surface area contributed by atoms with Crippen molar-refractivity contribution in [1.82, 2.24) is 9.97 Å². The lowest BCUT2D eigenvalue weighted by Crippen LogP contribution is -2.36. The highest BCUT2D eigenvalue weighted by atomic mass is 127. The molecule has 5 heteroatoms. The number of nitrogens with zero attached hydrogens (tertiary/aromatic N) is 3. The topological polar surface area (TPSA) is 29.0 Å². The second-order valence-corrected chi connectivity index (χ2v) is 6.06. The molecule has 2 rings (SSSR count). The maximum absolute atomic E-state index is 4.43. The molecule has 3 nitrogen and oxygen atoms in total. The molecule has 0 saturated heterocycles. The van der Waals surface area contributed by atoms with E-state index in [4.69, 9.17) is 0 Å². The van der Waals surface area contributed by atoms with Gasteiger partial charge in [-0.1, -0.05) is 28.8 Å². The Kier molecular flexibility index (Phi) is 4.81. The molecule has 0 radical (unpaired) electrons. The maximum atomic E-state index is 4.43. The molecule has 0 N–H and O–H groups in total. The van der Waals surface area contributed by atoms with Crippen LogP contribution in [0, 0.1) is 3.57 Å². The van der Waals surface area contributed by atoms with E-state index in [1.54, 1.807) is 0 Å². The zero-order valence-electron chi connectivity index (χ0n) is 9.07. The van der Waals surface area contributed by atoms with Crippen LogP contribution >= 0.6 is 38.5 Å². The second kappa shape index (κ2) is 6.14. The second-order valence-electron chi connectivity index (χ2n) is 4.02. The number of halogens is 2. The minimum absolute atomic E-state index is 0.637. The minimum atomic E-state index is 0.637. The quantitative estimate of drug-likeness (QED) is 0.579. The Balaban J connectivity index is 2.14. The van der Waals surface area contributed by atoms with Crippen LogP contribution in [-0.2, 0) is 0 Å². The predicted molar refractivity (Wildman–Crippen MR) is 78.1 cm³/mol. The van der Waals surface area contributed by atoms with Crippen LogP contribution in [-0.4, -0.2) is 27.9 Å². The highest BCUT2D eigenvalue weighted by Crippen LogP contribution is 2.26. The lowest BCUT2D eigenvalue weighted by molar-refractivity contribution is 0.607. The first kappa shape index (κ1) is 12.5. The monoisotopic (exact) mass is 395 g/mol. The molecule has 0 aliphatic heterocycles. The lowest BCUT2D eigenvalue weighted by Gasteiger charge is -2.28. The maximum Gasteiger partial charge on any atom is 0.225 e. The largest absolute Gasteiger partial charge is 0.337 e. The normalized spacial score (nSPS) is 16.6. The molecule has 88 valence electrons. The Bertz CT molecular complexity index is 325. The number of anilines is 1. The van der Waals surface area contributed by atoms with E-state index in [0.717, 1.165) is 21.4 Å². The summed E-state index contributed by atoms with van der Waals surface area (Å²) in [5.41, 5.74) is 0. The van der Waals surface area contributed by atoms with Gasteiger partial charge in [0.15, 0.2) is 0 Å². The summed E-state index contributed by atoms with van der Waals surface area (Å²) in [6, 6.07) is 0.637. The van der Waals surface area contributed by atoms with Gasteiger partial charge in [-0.25, -0.2) is 9.97 Å². The standard InChI is InChI=1S/C11H15BrIN3/c12-5-6-16(10-3-1-2-4-10)11-14-7-9(13)8-15-11/h7-8,10H,1-6H2. The smallest absolute Gasteiger partial charge is 0.225 e. The number of rotatable bonds is 4. The molecule has 1 aromatic rings. The molecule has 1 heterocycles. The Labute approximate surface area is 118 Å². The van der Waals surface area contributed by atoms with Gasteiger partial charge in [-0.15, -0.1) is 0 Å². The van der Waals surface area contributed by atoms with E-state index in [-0.39, 0.29) is 0 Å². The first-order chi connectivity index (χ1) is 7.81. The molecule has 0 amide bonds. The molecule has 0 spiro atoms. The summed E-state index contributed by atoms with van der Waals surface area (Å²) in [5, 5.41) is 0.971. The fraction of sp³-hybridized carbons (Fsp3) is 0.636. The van der Waals surface area contributed by atoms with Crippen LogP contribution in [0.2, 0.25) is 0 Å². The van der Waals surface area contributed by atoms with Crippen LogP contribution in [0.3, 0.4) is 0 Å². The van der Waals surface area contributed by atoms with Gasteiger partial charge < -0.3 is 4.90 Å². The molecular formula is C11H15BrIN3. The zero-order valence-corrected chi connectivity index (χ0v) is 12.8. The van der Waals surface area contributed by atoms with Crippen molar-refractivity contribution in [2.45, 2.75) is 31.7 Å². The third kappa shape index (κ3) is 3.06. The van der Waals surface area contributed by atoms with Crippen molar-refractivity contribution in [3.63, 3.8) is 0 Å². The molecule has 0 atom stereocenters. The van der Waals surface area contributed by atoms with Gasteiger partial charge in [0.05, 0.1) is 0 Å². The van der Waals surface area contributed by atoms with E-state index >= 15 is 0 Å². The Hall–Kier alpha value is 0.0900. The van der Waals surface area contributed by atoms with Crippen molar-refractivity contribution in [3.8, 4) is 0 Å². The number of alkyl halides is 1. The Morgan fingerprint density at radius 2 is 1.94 bits per heavy atom. The van der Waals surface area contributed by atoms with E-state index in [9.17, 15) is 0 Å². The van der Waals surface area contributed by atoms with Crippen LogP contribution in [0.25, 0.3) is 0 Å². The third-order valence-electron chi connectivity index (χ3n) is 2.95. The van der Waals surface area contributed by atoms with E-state index in [0.29, 0.717) is 6.04 Å². The SMILES string of the molecule is BrCCN(c1ncc(I)cn1)C1CCCC1. The summed E-state index contributed by atoms with van der Waals surface area (Å²) < 4.78 is 1.09. The van der Waals surface area contributed by atoms with Gasteiger partial charge >= 0.3 is 0 Å². The van der Waals surface area contributed by atoms with Crippen LogP contribution in [0.5, 0.6) is 0 Å². The van der Waals surface area contributed by atoms with E-state index < -0.39 is 0 Å². The Morgan fingerprint density at radius 1 is 1.31 bits per heavy atom. The van der Waals surface area contributed by atoms with E-state index in [1.165, 1.54) is 25.7 Å². The van der Waals surface area contributed by atoms with Gasteiger partial charge in [-0.3, -0.25) is 0 Å². The highest BCUT2D eigenvalue weighted by Gasteiger charge is 2.23. The van der Waals surface area contributed by atoms with Crippen molar-refractivity contribution in [2.75, 3.05) is 16.8 Å². The first-order valence-electron chi connectivity index (χ1n) is 5.61. The van der Waals surface area contributed by atoms with Crippen molar-refractivity contribution >= 4 is 44.5 Å². The number of aromatic nitrogens is 2. The zero-order chi connectivity index (χ0) is 11.4. The predicted octanol–water partition coefficient (Wildman–Crippen LogP) is 3.23. The summed E-state index contributed by atoms with van der Waals surface area (Å²) in [7, 11) is 0. The highest BCUT2D eigenvalue weighted by molar-refractivity contribution is 14.1. The molecule has 0 bridgehead atoms. The molecule has 1 aliphatic carbocycles. The molecule has 1 saturated carbocycles. The molecule has 1 aromatic heterocycles. The molecule has 16 heavy (non-hydrogen) atoms. The van der Waals surface area contributed by atoms with Crippen molar-refractivity contribution in [1.29, 1.82) is 0 Å². The van der Waals surface area contributed by atoms with Crippen LogP contribution in [0.15, 0.2) is 12.4 Å². The molecule has 0 unspecified atom stereocenters. The third-order valence-corrected chi connectivity index (χ3v) is 3.87. The van der Waals surface area contributed by atoms with Crippen LogP contribution in [0.4, 0.5) is 5.95 Å². The number of hydrogen-bond donors (Lipinski definition) is 0. The summed E-state index contributed by atoms with van der Waals surface area (Å²) in [5.74, 6) is 0.881. The van der Waals surface area contributed by atoms with Gasteiger partial charge in [0.1, 0.15) is 0 Å². The van der Waals surface area contributed by atoms with Crippen LogP contribution in [0.1, 0.15) is 25.7 Å². The fourth-order valence-corrected chi connectivity index (χ4v) is 2.87. The van der Waals surface area contributed by atoms with Gasteiger partial charge in [0.2, 0.25) is 5.95 Å². The molecule has 0 aromatic carbocycles.